The quantitative estimate of drug-likeness (QED) is 0.850. The summed E-state index contributed by atoms with van der Waals surface area (Å²) in [6.45, 7) is 2.90. The first-order valence-corrected chi connectivity index (χ1v) is 6.94. The van der Waals surface area contributed by atoms with Gasteiger partial charge >= 0.3 is 0 Å². The normalized spacial score (nSPS) is 29.8. The van der Waals surface area contributed by atoms with Gasteiger partial charge in [0.05, 0.1) is 11.6 Å². The molecule has 1 aromatic heterocycles. The van der Waals surface area contributed by atoms with E-state index in [1.165, 1.54) is 24.3 Å². The van der Waals surface area contributed by atoms with E-state index in [1.807, 2.05) is 6.20 Å². The second-order valence-electron chi connectivity index (χ2n) is 5.06. The number of hydrogen-bond acceptors (Lipinski definition) is 4. The second-order valence-corrected chi connectivity index (χ2v) is 6.04. The lowest BCUT2D eigenvalue weighted by Crippen LogP contribution is -2.37. The van der Waals surface area contributed by atoms with Crippen LogP contribution in [0.4, 0.5) is 0 Å². The standard InChI is InChI=1S/C12H18N2OS/c1-2-10(1)14-8-12(3-5-15-9-12)7-11-13-4-6-16-11/h4,6,10,14H,1-3,5,7-9H2. The average Bonchev–Trinajstić information content (AvgIpc) is 2.78. The van der Waals surface area contributed by atoms with Gasteiger partial charge in [-0.1, -0.05) is 0 Å². The van der Waals surface area contributed by atoms with Crippen molar-refractivity contribution in [1.82, 2.24) is 10.3 Å². The number of thiazole rings is 1. The first-order chi connectivity index (χ1) is 7.86. The minimum Gasteiger partial charge on any atom is -0.381 e. The van der Waals surface area contributed by atoms with Crippen LogP contribution < -0.4 is 5.32 Å². The largest absolute Gasteiger partial charge is 0.381 e. The molecule has 3 rings (SSSR count). The SMILES string of the molecule is c1csc(CC2(CNC3CC3)CCOC2)n1. The third kappa shape index (κ3) is 2.44. The van der Waals surface area contributed by atoms with Crippen molar-refractivity contribution in [2.24, 2.45) is 5.41 Å². The Morgan fingerprint density at radius 1 is 1.56 bits per heavy atom. The first-order valence-electron chi connectivity index (χ1n) is 6.06. The van der Waals surface area contributed by atoms with Crippen molar-refractivity contribution in [1.29, 1.82) is 0 Å². The van der Waals surface area contributed by atoms with E-state index in [0.29, 0.717) is 5.41 Å². The van der Waals surface area contributed by atoms with E-state index in [1.54, 1.807) is 11.3 Å². The van der Waals surface area contributed by atoms with Crippen LogP contribution in [0.2, 0.25) is 0 Å². The van der Waals surface area contributed by atoms with E-state index in [-0.39, 0.29) is 0 Å². The number of hydrogen-bond donors (Lipinski definition) is 1. The van der Waals surface area contributed by atoms with Gasteiger partial charge in [0, 0.05) is 42.6 Å². The summed E-state index contributed by atoms with van der Waals surface area (Å²) in [6.07, 6.45) is 6.86. The van der Waals surface area contributed by atoms with Crippen LogP contribution in [-0.4, -0.2) is 30.8 Å². The second kappa shape index (κ2) is 4.43. The molecular formula is C12H18N2OS. The number of rotatable bonds is 5. The molecule has 1 N–H and O–H groups in total. The van der Waals surface area contributed by atoms with Gasteiger partial charge in [-0.3, -0.25) is 0 Å². The van der Waals surface area contributed by atoms with E-state index in [9.17, 15) is 0 Å². The lowest BCUT2D eigenvalue weighted by atomic mass is 9.84. The zero-order chi connectivity index (χ0) is 10.8. The van der Waals surface area contributed by atoms with E-state index < -0.39 is 0 Å². The summed E-state index contributed by atoms with van der Waals surface area (Å²) in [6, 6.07) is 0.786. The zero-order valence-electron chi connectivity index (χ0n) is 9.45. The Hall–Kier alpha value is -0.450. The molecule has 1 aliphatic carbocycles. The summed E-state index contributed by atoms with van der Waals surface area (Å²) in [5.41, 5.74) is 0.306. The average molecular weight is 238 g/mol. The molecule has 0 bridgehead atoms. The van der Waals surface area contributed by atoms with Crippen LogP contribution in [0, 0.1) is 5.41 Å². The van der Waals surface area contributed by atoms with Crippen molar-refractivity contribution >= 4 is 11.3 Å². The van der Waals surface area contributed by atoms with Crippen LogP contribution in [0.5, 0.6) is 0 Å². The molecule has 2 fully saturated rings. The Balaban J connectivity index is 1.63. The smallest absolute Gasteiger partial charge is 0.0931 e. The molecule has 2 heterocycles. The highest BCUT2D eigenvalue weighted by Gasteiger charge is 2.37. The Labute approximate surface area is 100 Å². The molecular weight excluding hydrogens is 220 g/mol. The highest BCUT2D eigenvalue weighted by Crippen LogP contribution is 2.33. The van der Waals surface area contributed by atoms with Gasteiger partial charge in [-0.2, -0.15) is 0 Å². The van der Waals surface area contributed by atoms with Crippen LogP contribution in [0.15, 0.2) is 11.6 Å². The molecule has 1 saturated heterocycles. The number of aromatic nitrogens is 1. The van der Waals surface area contributed by atoms with Crippen molar-refractivity contribution in [2.45, 2.75) is 31.7 Å². The summed E-state index contributed by atoms with van der Waals surface area (Å²) >= 11 is 1.76. The van der Waals surface area contributed by atoms with Gasteiger partial charge in [0.1, 0.15) is 0 Å². The number of ether oxygens (including phenoxy) is 1. The fraction of sp³-hybridized carbons (Fsp3) is 0.750. The van der Waals surface area contributed by atoms with Crippen LogP contribution >= 0.6 is 11.3 Å². The molecule has 0 spiro atoms. The van der Waals surface area contributed by atoms with Gasteiger partial charge in [-0.15, -0.1) is 11.3 Å². The molecule has 16 heavy (non-hydrogen) atoms. The molecule has 0 radical (unpaired) electrons. The molecule has 0 amide bonds. The van der Waals surface area contributed by atoms with Crippen LogP contribution in [0.3, 0.4) is 0 Å². The summed E-state index contributed by atoms with van der Waals surface area (Å²) in [4.78, 5) is 4.40. The summed E-state index contributed by atoms with van der Waals surface area (Å²) in [5.74, 6) is 0. The lowest BCUT2D eigenvalue weighted by Gasteiger charge is -2.26. The number of nitrogens with one attached hydrogen (secondary N) is 1. The Morgan fingerprint density at radius 2 is 2.50 bits per heavy atom. The topological polar surface area (TPSA) is 34.1 Å². The third-order valence-corrected chi connectivity index (χ3v) is 4.32. The van der Waals surface area contributed by atoms with Gasteiger partial charge in [0.25, 0.3) is 0 Å². The van der Waals surface area contributed by atoms with Crippen molar-refractivity contribution in [2.75, 3.05) is 19.8 Å². The van der Waals surface area contributed by atoms with Gasteiger partial charge in [-0.25, -0.2) is 4.98 Å². The monoisotopic (exact) mass is 238 g/mol. The molecule has 1 aliphatic heterocycles. The van der Waals surface area contributed by atoms with Crippen LogP contribution in [-0.2, 0) is 11.2 Å². The van der Waals surface area contributed by atoms with Gasteiger partial charge in [-0.05, 0) is 19.3 Å². The molecule has 1 aromatic rings. The zero-order valence-corrected chi connectivity index (χ0v) is 10.3. The molecule has 88 valence electrons. The van der Waals surface area contributed by atoms with Gasteiger partial charge < -0.3 is 10.1 Å². The van der Waals surface area contributed by atoms with Crippen molar-refractivity contribution < 1.29 is 4.74 Å². The maximum atomic E-state index is 5.60. The maximum Gasteiger partial charge on any atom is 0.0931 e. The molecule has 1 unspecified atom stereocenters. The maximum absolute atomic E-state index is 5.60. The molecule has 1 saturated carbocycles. The number of nitrogens with zero attached hydrogens (tertiary/aromatic N) is 1. The van der Waals surface area contributed by atoms with Gasteiger partial charge in [0.2, 0.25) is 0 Å². The molecule has 4 heteroatoms. The van der Waals surface area contributed by atoms with Crippen molar-refractivity contribution in [3.05, 3.63) is 16.6 Å². The van der Waals surface area contributed by atoms with Crippen molar-refractivity contribution in [3.63, 3.8) is 0 Å². The summed E-state index contributed by atoms with van der Waals surface area (Å²) in [5, 5.41) is 6.96. The van der Waals surface area contributed by atoms with E-state index in [2.05, 4.69) is 15.7 Å². The van der Waals surface area contributed by atoms with Crippen LogP contribution in [0.25, 0.3) is 0 Å². The fourth-order valence-electron chi connectivity index (χ4n) is 2.30. The van der Waals surface area contributed by atoms with Crippen LogP contribution in [0.1, 0.15) is 24.3 Å². The van der Waals surface area contributed by atoms with Gasteiger partial charge in [0.15, 0.2) is 0 Å². The lowest BCUT2D eigenvalue weighted by molar-refractivity contribution is 0.149. The van der Waals surface area contributed by atoms with Crippen molar-refractivity contribution in [3.8, 4) is 0 Å². The third-order valence-electron chi connectivity index (χ3n) is 3.54. The molecule has 0 aromatic carbocycles. The predicted octanol–water partition coefficient (Wildman–Crippen LogP) is 1.84. The summed E-state index contributed by atoms with van der Waals surface area (Å²) in [7, 11) is 0. The summed E-state index contributed by atoms with van der Waals surface area (Å²) < 4.78 is 5.60. The highest BCUT2D eigenvalue weighted by atomic mass is 32.1. The minimum absolute atomic E-state index is 0.306. The molecule has 1 atom stereocenters. The Morgan fingerprint density at radius 3 is 3.12 bits per heavy atom. The van der Waals surface area contributed by atoms with E-state index in [4.69, 9.17) is 4.74 Å². The van der Waals surface area contributed by atoms with E-state index in [0.717, 1.165) is 32.2 Å². The highest BCUT2D eigenvalue weighted by molar-refractivity contribution is 7.09. The fourth-order valence-corrected chi connectivity index (χ4v) is 3.09. The predicted molar refractivity (Wildman–Crippen MR) is 64.7 cm³/mol. The first kappa shape index (κ1) is 10.7. The Bertz CT molecular complexity index is 329. The van der Waals surface area contributed by atoms with E-state index >= 15 is 0 Å². The molecule has 2 aliphatic rings. The minimum atomic E-state index is 0.306. The molecule has 3 nitrogen and oxygen atoms in total. The Kier molecular flexibility index (Phi) is 2.96.